The zero-order chi connectivity index (χ0) is 19.1. The molecule has 1 aromatic carbocycles. The smallest absolute Gasteiger partial charge is 0.214 e. The third kappa shape index (κ3) is 5.57. The number of nitrogens with zero attached hydrogens (tertiary/aromatic N) is 3. The largest absolute Gasteiger partial charge is 0.444 e. The highest BCUT2D eigenvalue weighted by Crippen LogP contribution is 2.19. The molecule has 2 aromatic rings. The van der Waals surface area contributed by atoms with E-state index in [1.165, 1.54) is 24.8 Å². The van der Waals surface area contributed by atoms with Crippen LogP contribution in [0.3, 0.4) is 0 Å². The summed E-state index contributed by atoms with van der Waals surface area (Å²) in [5, 5.41) is 6.77. The summed E-state index contributed by atoms with van der Waals surface area (Å²) in [5.41, 5.74) is 2.31. The van der Waals surface area contributed by atoms with Crippen molar-refractivity contribution in [3.63, 3.8) is 0 Å². The first kappa shape index (κ1) is 19.4. The van der Waals surface area contributed by atoms with Crippen molar-refractivity contribution in [1.29, 1.82) is 0 Å². The molecule has 0 aliphatic carbocycles. The van der Waals surface area contributed by atoms with Crippen molar-refractivity contribution in [3.05, 3.63) is 53.2 Å². The summed E-state index contributed by atoms with van der Waals surface area (Å²) in [7, 11) is 1.80. The van der Waals surface area contributed by atoms with Crippen LogP contribution in [0, 0.1) is 13.8 Å². The van der Waals surface area contributed by atoms with E-state index in [2.05, 4.69) is 55.8 Å². The van der Waals surface area contributed by atoms with Crippen LogP contribution in [0.15, 0.2) is 39.7 Å². The van der Waals surface area contributed by atoms with Crippen LogP contribution in [0.2, 0.25) is 0 Å². The minimum absolute atomic E-state index is 0.517. The minimum Gasteiger partial charge on any atom is -0.444 e. The Kier molecular flexibility index (Phi) is 6.87. The van der Waals surface area contributed by atoms with Gasteiger partial charge in [0.05, 0.1) is 12.2 Å². The quantitative estimate of drug-likeness (QED) is 0.605. The molecule has 146 valence electrons. The number of likely N-dealkylation sites (tertiary alicyclic amines) is 1. The standard InChI is InChI=1S/C21H31N5O/c1-16-17(2)27-20(25-16)14-24-21(22-3)23-13-19-11-7-8-12-26(19)15-18-9-5-4-6-10-18/h4-6,9-10,19H,7-8,11-15H2,1-3H3,(H2,22,23,24). The first-order chi connectivity index (χ1) is 13.2. The molecule has 3 rings (SSSR count). The van der Waals surface area contributed by atoms with E-state index in [9.17, 15) is 0 Å². The van der Waals surface area contributed by atoms with Crippen molar-refractivity contribution < 1.29 is 4.42 Å². The van der Waals surface area contributed by atoms with Crippen LogP contribution < -0.4 is 10.6 Å². The normalized spacial score (nSPS) is 18.5. The van der Waals surface area contributed by atoms with Gasteiger partial charge in [0.15, 0.2) is 5.96 Å². The lowest BCUT2D eigenvalue weighted by Crippen LogP contribution is -2.48. The van der Waals surface area contributed by atoms with Gasteiger partial charge in [-0.25, -0.2) is 4.98 Å². The van der Waals surface area contributed by atoms with E-state index in [4.69, 9.17) is 4.42 Å². The summed E-state index contributed by atoms with van der Waals surface area (Å²) in [5.74, 6) is 2.35. The van der Waals surface area contributed by atoms with Crippen LogP contribution in [-0.4, -0.2) is 42.0 Å². The number of guanidine groups is 1. The van der Waals surface area contributed by atoms with Crippen molar-refractivity contribution >= 4 is 5.96 Å². The number of aryl methyl sites for hydroxylation is 2. The van der Waals surface area contributed by atoms with Gasteiger partial charge in [-0.2, -0.15) is 0 Å². The number of aromatic nitrogens is 1. The summed E-state index contributed by atoms with van der Waals surface area (Å²) < 4.78 is 5.62. The van der Waals surface area contributed by atoms with Gasteiger partial charge in [0, 0.05) is 26.2 Å². The molecule has 2 N–H and O–H groups in total. The van der Waals surface area contributed by atoms with Crippen LogP contribution in [0.25, 0.3) is 0 Å². The van der Waals surface area contributed by atoms with Gasteiger partial charge in [-0.15, -0.1) is 0 Å². The van der Waals surface area contributed by atoms with Gasteiger partial charge in [0.1, 0.15) is 5.76 Å². The fourth-order valence-electron chi connectivity index (χ4n) is 3.53. The lowest BCUT2D eigenvalue weighted by Gasteiger charge is -2.36. The zero-order valence-corrected chi connectivity index (χ0v) is 16.7. The van der Waals surface area contributed by atoms with Crippen molar-refractivity contribution in [1.82, 2.24) is 20.5 Å². The van der Waals surface area contributed by atoms with Gasteiger partial charge in [0.2, 0.25) is 5.89 Å². The number of hydrogen-bond acceptors (Lipinski definition) is 4. The Hall–Kier alpha value is -2.34. The molecule has 6 heteroatoms. The molecule has 1 fully saturated rings. The predicted octanol–water partition coefficient (Wildman–Crippen LogP) is 3.01. The summed E-state index contributed by atoms with van der Waals surface area (Å²) in [4.78, 5) is 11.3. The first-order valence-corrected chi connectivity index (χ1v) is 9.81. The molecule has 0 saturated carbocycles. The highest BCUT2D eigenvalue weighted by Gasteiger charge is 2.22. The van der Waals surface area contributed by atoms with Gasteiger partial charge in [-0.3, -0.25) is 9.89 Å². The van der Waals surface area contributed by atoms with Crippen LogP contribution in [0.1, 0.15) is 42.2 Å². The summed E-state index contributed by atoms with van der Waals surface area (Å²) in [6.45, 7) is 7.47. The predicted molar refractivity (Wildman–Crippen MR) is 109 cm³/mol. The Morgan fingerprint density at radius 1 is 1.22 bits per heavy atom. The van der Waals surface area contributed by atoms with Crippen molar-refractivity contribution in [2.45, 2.75) is 52.2 Å². The molecule has 1 aliphatic rings. The third-order valence-corrected chi connectivity index (χ3v) is 5.19. The second-order valence-corrected chi connectivity index (χ2v) is 7.16. The molecule has 0 spiro atoms. The third-order valence-electron chi connectivity index (χ3n) is 5.19. The van der Waals surface area contributed by atoms with E-state index in [-0.39, 0.29) is 0 Å². The molecular weight excluding hydrogens is 338 g/mol. The molecule has 1 aliphatic heterocycles. The maximum absolute atomic E-state index is 5.62. The monoisotopic (exact) mass is 369 g/mol. The molecular formula is C21H31N5O. The van der Waals surface area contributed by atoms with Crippen LogP contribution in [0.4, 0.5) is 0 Å². The van der Waals surface area contributed by atoms with E-state index in [0.717, 1.165) is 37.0 Å². The summed E-state index contributed by atoms with van der Waals surface area (Å²) in [6, 6.07) is 11.2. The van der Waals surface area contributed by atoms with Gasteiger partial charge in [0.25, 0.3) is 0 Å². The lowest BCUT2D eigenvalue weighted by atomic mass is 10.0. The van der Waals surface area contributed by atoms with E-state index in [1.54, 1.807) is 7.05 Å². The van der Waals surface area contributed by atoms with Crippen LogP contribution in [0.5, 0.6) is 0 Å². The molecule has 1 unspecified atom stereocenters. The molecule has 0 amide bonds. The molecule has 1 saturated heterocycles. The van der Waals surface area contributed by atoms with Gasteiger partial charge in [-0.1, -0.05) is 36.8 Å². The Labute approximate surface area is 162 Å². The summed E-state index contributed by atoms with van der Waals surface area (Å²) >= 11 is 0. The topological polar surface area (TPSA) is 65.7 Å². The Morgan fingerprint density at radius 3 is 2.74 bits per heavy atom. The molecule has 0 radical (unpaired) electrons. The SMILES string of the molecule is CN=C(NCc1nc(C)c(C)o1)NCC1CCCCN1Cc1ccccc1. The highest BCUT2D eigenvalue weighted by molar-refractivity contribution is 5.79. The fraction of sp³-hybridized carbons (Fsp3) is 0.524. The van der Waals surface area contributed by atoms with Crippen LogP contribution >= 0.6 is 0 Å². The number of nitrogens with one attached hydrogen (secondary N) is 2. The van der Waals surface area contributed by atoms with Gasteiger partial charge in [-0.05, 0) is 38.8 Å². The number of benzene rings is 1. The fourth-order valence-corrected chi connectivity index (χ4v) is 3.53. The number of piperidine rings is 1. The molecule has 1 atom stereocenters. The molecule has 0 bridgehead atoms. The first-order valence-electron chi connectivity index (χ1n) is 9.81. The number of rotatable bonds is 6. The maximum Gasteiger partial charge on any atom is 0.214 e. The second-order valence-electron chi connectivity index (χ2n) is 7.16. The van der Waals surface area contributed by atoms with E-state index in [0.29, 0.717) is 18.5 Å². The van der Waals surface area contributed by atoms with Gasteiger partial charge >= 0.3 is 0 Å². The molecule has 6 nitrogen and oxygen atoms in total. The molecule has 27 heavy (non-hydrogen) atoms. The van der Waals surface area contributed by atoms with E-state index >= 15 is 0 Å². The Balaban J connectivity index is 1.51. The number of hydrogen-bond donors (Lipinski definition) is 2. The minimum atomic E-state index is 0.517. The highest BCUT2D eigenvalue weighted by atomic mass is 16.4. The van der Waals surface area contributed by atoms with Gasteiger partial charge < -0.3 is 15.1 Å². The second kappa shape index (κ2) is 9.55. The molecule has 1 aromatic heterocycles. The van der Waals surface area contributed by atoms with E-state index < -0.39 is 0 Å². The van der Waals surface area contributed by atoms with Crippen molar-refractivity contribution in [2.75, 3.05) is 20.1 Å². The Bertz CT molecular complexity index is 721. The molecule has 2 heterocycles. The average molecular weight is 370 g/mol. The average Bonchev–Trinajstić information content (AvgIpc) is 3.01. The number of aliphatic imine (C=N–C) groups is 1. The Morgan fingerprint density at radius 2 is 2.04 bits per heavy atom. The van der Waals surface area contributed by atoms with Crippen molar-refractivity contribution in [2.24, 2.45) is 4.99 Å². The number of oxazole rings is 1. The van der Waals surface area contributed by atoms with Crippen molar-refractivity contribution in [3.8, 4) is 0 Å². The summed E-state index contributed by atoms with van der Waals surface area (Å²) in [6.07, 6.45) is 3.78. The maximum atomic E-state index is 5.62. The van der Waals surface area contributed by atoms with E-state index in [1.807, 2.05) is 13.8 Å². The van der Waals surface area contributed by atoms with Crippen LogP contribution in [-0.2, 0) is 13.1 Å². The zero-order valence-electron chi connectivity index (χ0n) is 16.7. The lowest BCUT2D eigenvalue weighted by molar-refractivity contribution is 0.141.